The van der Waals surface area contributed by atoms with Crippen molar-refractivity contribution in [1.82, 2.24) is 8.75 Å². The lowest BCUT2D eigenvalue weighted by Crippen LogP contribution is -2.30. The minimum atomic E-state index is 0.550. The molecule has 1 saturated heterocycles. The average Bonchev–Trinajstić information content (AvgIpc) is 2.95. The molecule has 1 aromatic heterocycles. The van der Waals surface area contributed by atoms with Gasteiger partial charge in [-0.1, -0.05) is 29.8 Å². The van der Waals surface area contributed by atoms with Crippen LogP contribution >= 0.6 is 11.7 Å². The Balaban J connectivity index is 1.67. The molecule has 1 fully saturated rings. The van der Waals surface area contributed by atoms with Gasteiger partial charge in [0.15, 0.2) is 0 Å². The Labute approximate surface area is 123 Å². The van der Waals surface area contributed by atoms with E-state index in [9.17, 15) is 0 Å². The van der Waals surface area contributed by atoms with Crippen molar-refractivity contribution in [3.8, 4) is 5.88 Å². The Bertz CT molecular complexity index is 564. The lowest BCUT2D eigenvalue weighted by Gasteiger charge is -2.26. The molecule has 2 aromatic rings. The van der Waals surface area contributed by atoms with Crippen molar-refractivity contribution in [2.24, 2.45) is 0 Å². The molecule has 1 aliphatic heterocycles. The fraction of sp³-hybridized carbons (Fsp3) is 0.467. The molecule has 0 unspecified atom stereocenters. The van der Waals surface area contributed by atoms with E-state index in [1.807, 2.05) is 0 Å². The molecular formula is C15H19N3OS. The fourth-order valence-corrected chi connectivity index (χ4v) is 3.04. The SMILES string of the molecule is Cc1cccc(COc2nsnc2N2CCCCC2)c1. The van der Waals surface area contributed by atoms with Crippen LogP contribution in [0.3, 0.4) is 0 Å². The number of nitrogens with zero attached hydrogens (tertiary/aromatic N) is 3. The predicted molar refractivity (Wildman–Crippen MR) is 81.5 cm³/mol. The first-order valence-corrected chi connectivity index (χ1v) is 7.82. The van der Waals surface area contributed by atoms with Crippen molar-refractivity contribution in [3.05, 3.63) is 35.4 Å². The molecule has 0 amide bonds. The molecule has 2 heterocycles. The molecular weight excluding hydrogens is 270 g/mol. The van der Waals surface area contributed by atoms with Crippen LogP contribution in [0.4, 0.5) is 5.82 Å². The van der Waals surface area contributed by atoms with Gasteiger partial charge in [-0.05, 0) is 31.7 Å². The molecule has 0 N–H and O–H groups in total. The minimum absolute atomic E-state index is 0.550. The Kier molecular flexibility index (Phi) is 4.16. The number of aryl methyl sites for hydroxylation is 1. The monoisotopic (exact) mass is 289 g/mol. The molecule has 0 bridgehead atoms. The molecule has 1 aliphatic rings. The van der Waals surface area contributed by atoms with Crippen molar-refractivity contribution in [3.63, 3.8) is 0 Å². The van der Waals surface area contributed by atoms with Crippen LogP contribution in [0.2, 0.25) is 0 Å². The van der Waals surface area contributed by atoms with Crippen LogP contribution in [0.5, 0.6) is 5.88 Å². The third kappa shape index (κ3) is 3.10. The van der Waals surface area contributed by atoms with E-state index in [0.717, 1.165) is 18.9 Å². The van der Waals surface area contributed by atoms with Crippen molar-refractivity contribution >= 4 is 17.5 Å². The summed E-state index contributed by atoms with van der Waals surface area (Å²) in [5.74, 6) is 1.60. The smallest absolute Gasteiger partial charge is 0.271 e. The van der Waals surface area contributed by atoms with Gasteiger partial charge >= 0.3 is 0 Å². The van der Waals surface area contributed by atoms with E-state index >= 15 is 0 Å². The maximum atomic E-state index is 5.87. The topological polar surface area (TPSA) is 38.3 Å². The van der Waals surface area contributed by atoms with Crippen LogP contribution in [0.15, 0.2) is 24.3 Å². The summed E-state index contributed by atoms with van der Waals surface area (Å²) in [4.78, 5) is 2.29. The van der Waals surface area contributed by atoms with Gasteiger partial charge in [-0.3, -0.25) is 0 Å². The second-order valence-corrected chi connectivity index (χ2v) is 5.75. The Morgan fingerprint density at radius 2 is 2.05 bits per heavy atom. The van der Waals surface area contributed by atoms with E-state index in [1.54, 1.807) is 0 Å². The lowest BCUT2D eigenvalue weighted by atomic mass is 10.1. The second kappa shape index (κ2) is 6.22. The number of hydrogen-bond donors (Lipinski definition) is 0. The highest BCUT2D eigenvalue weighted by molar-refractivity contribution is 6.99. The van der Waals surface area contributed by atoms with E-state index in [0.29, 0.717) is 12.5 Å². The fourth-order valence-electron chi connectivity index (χ4n) is 2.52. The molecule has 0 saturated carbocycles. The van der Waals surface area contributed by atoms with E-state index in [2.05, 4.69) is 44.8 Å². The molecule has 0 radical (unpaired) electrons. The van der Waals surface area contributed by atoms with Crippen LogP contribution in [0, 0.1) is 6.92 Å². The average molecular weight is 289 g/mol. The largest absolute Gasteiger partial charge is 0.470 e. The number of hydrogen-bond acceptors (Lipinski definition) is 5. The molecule has 3 rings (SSSR count). The van der Waals surface area contributed by atoms with Gasteiger partial charge in [0.05, 0.1) is 11.7 Å². The van der Waals surface area contributed by atoms with E-state index in [-0.39, 0.29) is 0 Å². The lowest BCUT2D eigenvalue weighted by molar-refractivity contribution is 0.296. The van der Waals surface area contributed by atoms with Crippen molar-refractivity contribution in [2.45, 2.75) is 32.8 Å². The predicted octanol–water partition coefficient (Wildman–Crippen LogP) is 3.42. The highest BCUT2D eigenvalue weighted by Crippen LogP contribution is 2.28. The highest BCUT2D eigenvalue weighted by Gasteiger charge is 2.19. The van der Waals surface area contributed by atoms with E-state index in [1.165, 1.54) is 42.1 Å². The molecule has 0 spiro atoms. The molecule has 4 nitrogen and oxygen atoms in total. The maximum absolute atomic E-state index is 5.87. The first-order valence-electron chi connectivity index (χ1n) is 7.09. The van der Waals surface area contributed by atoms with Crippen LogP contribution < -0.4 is 9.64 Å². The second-order valence-electron chi connectivity index (χ2n) is 5.22. The first kappa shape index (κ1) is 13.4. The number of piperidine rings is 1. The molecule has 106 valence electrons. The molecule has 5 heteroatoms. The van der Waals surface area contributed by atoms with Crippen LogP contribution in [0.25, 0.3) is 0 Å². The summed E-state index contributed by atoms with van der Waals surface area (Å²) in [7, 11) is 0. The summed E-state index contributed by atoms with van der Waals surface area (Å²) in [6.45, 7) is 4.76. The number of aromatic nitrogens is 2. The third-order valence-electron chi connectivity index (χ3n) is 3.56. The van der Waals surface area contributed by atoms with Gasteiger partial charge in [-0.2, -0.15) is 4.37 Å². The summed E-state index contributed by atoms with van der Waals surface area (Å²) in [6.07, 6.45) is 3.78. The van der Waals surface area contributed by atoms with E-state index < -0.39 is 0 Å². The minimum Gasteiger partial charge on any atom is -0.470 e. The third-order valence-corrected chi connectivity index (χ3v) is 4.06. The van der Waals surface area contributed by atoms with Crippen LogP contribution in [-0.4, -0.2) is 21.8 Å². The number of rotatable bonds is 4. The van der Waals surface area contributed by atoms with Gasteiger partial charge in [0.1, 0.15) is 6.61 Å². The summed E-state index contributed by atoms with van der Waals surface area (Å²) >= 11 is 1.23. The zero-order valence-corrected chi connectivity index (χ0v) is 12.5. The first-order chi connectivity index (χ1) is 9.83. The summed E-state index contributed by atoms with van der Waals surface area (Å²) in [6, 6.07) is 8.36. The maximum Gasteiger partial charge on any atom is 0.271 e. The number of benzene rings is 1. The zero-order valence-electron chi connectivity index (χ0n) is 11.7. The molecule has 20 heavy (non-hydrogen) atoms. The zero-order chi connectivity index (χ0) is 13.8. The summed E-state index contributed by atoms with van der Waals surface area (Å²) in [5, 5.41) is 0. The molecule has 1 aromatic carbocycles. The highest BCUT2D eigenvalue weighted by atomic mass is 32.1. The Morgan fingerprint density at radius 1 is 1.20 bits per heavy atom. The normalized spacial score (nSPS) is 15.3. The van der Waals surface area contributed by atoms with Crippen molar-refractivity contribution in [1.29, 1.82) is 0 Å². The van der Waals surface area contributed by atoms with Gasteiger partial charge < -0.3 is 9.64 Å². The number of anilines is 1. The van der Waals surface area contributed by atoms with Gasteiger partial charge in [0.2, 0.25) is 5.82 Å². The van der Waals surface area contributed by atoms with Gasteiger partial charge in [0, 0.05) is 13.1 Å². The van der Waals surface area contributed by atoms with Crippen LogP contribution in [-0.2, 0) is 6.61 Å². The Hall–Kier alpha value is -1.62. The van der Waals surface area contributed by atoms with Gasteiger partial charge in [0.25, 0.3) is 5.88 Å². The summed E-state index contributed by atoms with van der Waals surface area (Å²) in [5.41, 5.74) is 2.42. The molecule has 0 aliphatic carbocycles. The quantitative estimate of drug-likeness (QED) is 0.864. The van der Waals surface area contributed by atoms with E-state index in [4.69, 9.17) is 4.74 Å². The summed E-state index contributed by atoms with van der Waals surface area (Å²) < 4.78 is 14.6. The Morgan fingerprint density at radius 3 is 2.85 bits per heavy atom. The molecule has 0 atom stereocenters. The van der Waals surface area contributed by atoms with Crippen molar-refractivity contribution in [2.75, 3.05) is 18.0 Å². The van der Waals surface area contributed by atoms with Crippen LogP contribution in [0.1, 0.15) is 30.4 Å². The standard InChI is InChI=1S/C15H19N3OS/c1-12-6-5-7-13(10-12)11-19-15-14(16-20-17-15)18-8-3-2-4-9-18/h5-7,10H,2-4,8-9,11H2,1H3. The van der Waals surface area contributed by atoms with Gasteiger partial charge in [-0.25, -0.2) is 0 Å². The van der Waals surface area contributed by atoms with Gasteiger partial charge in [-0.15, -0.1) is 4.37 Å². The number of ether oxygens (including phenoxy) is 1. The van der Waals surface area contributed by atoms with Crippen molar-refractivity contribution < 1.29 is 4.74 Å².